The number of hydrogen-bond donors (Lipinski definition) is 0. The van der Waals surface area contributed by atoms with Crippen LogP contribution < -0.4 is 9.84 Å². The third-order valence-corrected chi connectivity index (χ3v) is 5.52. The molecule has 0 N–H and O–H groups in total. The second-order valence-electron chi connectivity index (χ2n) is 5.20. The normalized spacial score (nSPS) is 20.0. The number of nitrogens with zero attached hydrogens (tertiary/aromatic N) is 2. The van der Waals surface area contributed by atoms with Gasteiger partial charge in [-0.15, -0.1) is 13.2 Å². The standard InChI is InChI=1S/C13H15F3N2O5S/c1-9-8-17(12(19)20)6-7-18(9)24(21,22)11-4-2-10(3-5-11)23-13(14,15)16/h2-5,9H,6-8H2,1H3,(H,19,20)/p-1/t9-/m1/s1. The highest BCUT2D eigenvalue weighted by atomic mass is 32.2. The smallest absolute Gasteiger partial charge is 0.530 e. The average molecular weight is 367 g/mol. The molecule has 0 aromatic heterocycles. The molecule has 24 heavy (non-hydrogen) atoms. The van der Waals surface area contributed by atoms with Crippen LogP contribution in [0.5, 0.6) is 5.75 Å². The van der Waals surface area contributed by atoms with E-state index in [2.05, 4.69) is 4.74 Å². The molecule has 1 atom stereocenters. The van der Waals surface area contributed by atoms with Gasteiger partial charge in [0.1, 0.15) is 11.8 Å². The predicted octanol–water partition coefficient (Wildman–Crippen LogP) is 0.623. The Morgan fingerprint density at radius 1 is 1.25 bits per heavy atom. The molecule has 1 saturated heterocycles. The van der Waals surface area contributed by atoms with Crippen LogP contribution in [0.15, 0.2) is 29.2 Å². The number of benzene rings is 1. The van der Waals surface area contributed by atoms with Crippen LogP contribution in [0.25, 0.3) is 0 Å². The van der Waals surface area contributed by atoms with E-state index in [0.29, 0.717) is 0 Å². The molecule has 1 aromatic carbocycles. The van der Waals surface area contributed by atoms with E-state index in [9.17, 15) is 31.5 Å². The fraction of sp³-hybridized carbons (Fsp3) is 0.462. The minimum Gasteiger partial charge on any atom is -0.530 e. The van der Waals surface area contributed by atoms with Gasteiger partial charge in [-0.25, -0.2) is 8.42 Å². The van der Waals surface area contributed by atoms with Gasteiger partial charge in [0, 0.05) is 25.7 Å². The number of carbonyl (C=O) groups is 1. The molecule has 0 aliphatic carbocycles. The fourth-order valence-corrected chi connectivity index (χ4v) is 4.03. The first kappa shape index (κ1) is 18.3. The lowest BCUT2D eigenvalue weighted by atomic mass is 10.2. The van der Waals surface area contributed by atoms with Crippen molar-refractivity contribution < 1.29 is 36.2 Å². The maximum Gasteiger partial charge on any atom is 0.573 e. The van der Waals surface area contributed by atoms with Crippen molar-refractivity contribution in [2.45, 2.75) is 24.2 Å². The van der Waals surface area contributed by atoms with Crippen molar-refractivity contribution >= 4 is 16.1 Å². The maximum atomic E-state index is 12.6. The molecule has 1 aromatic rings. The lowest BCUT2D eigenvalue weighted by molar-refractivity contribution is -0.274. The molecular formula is C13H14F3N2O5S-. The van der Waals surface area contributed by atoms with Gasteiger partial charge in [-0.2, -0.15) is 4.31 Å². The van der Waals surface area contributed by atoms with E-state index in [-0.39, 0.29) is 24.5 Å². The van der Waals surface area contributed by atoms with E-state index in [1.165, 1.54) is 6.92 Å². The molecule has 0 saturated carbocycles. The summed E-state index contributed by atoms with van der Waals surface area (Å²) in [5.74, 6) is -0.531. The summed E-state index contributed by atoms with van der Waals surface area (Å²) in [4.78, 5) is 11.6. The Kier molecular flexibility index (Phi) is 4.95. The molecule has 2 rings (SSSR count). The van der Waals surface area contributed by atoms with Gasteiger partial charge in [-0.05, 0) is 31.2 Å². The number of ether oxygens (including phenoxy) is 1. The van der Waals surface area contributed by atoms with Crippen LogP contribution in [0.2, 0.25) is 0 Å². The number of halogens is 3. The Balaban J connectivity index is 2.17. The van der Waals surface area contributed by atoms with Gasteiger partial charge in [0.15, 0.2) is 0 Å². The van der Waals surface area contributed by atoms with Crippen LogP contribution in [0.3, 0.4) is 0 Å². The molecule has 1 heterocycles. The van der Waals surface area contributed by atoms with Crippen molar-refractivity contribution in [3.63, 3.8) is 0 Å². The Labute approximate surface area is 136 Å². The Morgan fingerprint density at radius 2 is 1.83 bits per heavy atom. The lowest BCUT2D eigenvalue weighted by Crippen LogP contribution is -2.57. The number of carbonyl (C=O) groups excluding carboxylic acids is 1. The Bertz CT molecular complexity index is 705. The zero-order valence-corrected chi connectivity index (χ0v) is 13.3. The molecule has 1 amide bonds. The largest absolute Gasteiger partial charge is 0.573 e. The molecule has 7 nitrogen and oxygen atoms in total. The monoisotopic (exact) mass is 367 g/mol. The second-order valence-corrected chi connectivity index (χ2v) is 7.09. The Morgan fingerprint density at radius 3 is 2.29 bits per heavy atom. The van der Waals surface area contributed by atoms with Gasteiger partial charge in [-0.1, -0.05) is 0 Å². The molecule has 0 radical (unpaired) electrons. The van der Waals surface area contributed by atoms with Crippen molar-refractivity contribution in [1.82, 2.24) is 9.21 Å². The van der Waals surface area contributed by atoms with Crippen LogP contribution in [0, 0.1) is 0 Å². The molecule has 0 bridgehead atoms. The predicted molar refractivity (Wildman–Crippen MR) is 73.4 cm³/mol. The molecule has 0 unspecified atom stereocenters. The number of sulfonamides is 1. The third-order valence-electron chi connectivity index (χ3n) is 3.49. The molecule has 11 heteroatoms. The Hall–Kier alpha value is -2.01. The van der Waals surface area contributed by atoms with Crippen molar-refractivity contribution in [2.24, 2.45) is 0 Å². The summed E-state index contributed by atoms with van der Waals surface area (Å²) in [6, 6.07) is 3.20. The van der Waals surface area contributed by atoms with E-state index >= 15 is 0 Å². The number of piperazine rings is 1. The summed E-state index contributed by atoms with van der Waals surface area (Å²) < 4.78 is 66.2. The van der Waals surface area contributed by atoms with Crippen LogP contribution in [0.1, 0.15) is 6.92 Å². The van der Waals surface area contributed by atoms with Gasteiger partial charge in [0.2, 0.25) is 10.0 Å². The minimum atomic E-state index is -4.86. The van der Waals surface area contributed by atoms with Crippen LogP contribution in [0.4, 0.5) is 18.0 Å². The highest BCUT2D eigenvalue weighted by molar-refractivity contribution is 7.89. The number of amides is 1. The van der Waals surface area contributed by atoms with Crippen LogP contribution in [-0.2, 0) is 10.0 Å². The van der Waals surface area contributed by atoms with Gasteiger partial charge in [-0.3, -0.25) is 0 Å². The average Bonchev–Trinajstić information content (AvgIpc) is 2.45. The van der Waals surface area contributed by atoms with E-state index in [1.807, 2.05) is 0 Å². The van der Waals surface area contributed by atoms with E-state index < -0.39 is 34.3 Å². The molecule has 134 valence electrons. The van der Waals surface area contributed by atoms with Gasteiger partial charge < -0.3 is 19.5 Å². The van der Waals surface area contributed by atoms with E-state index in [4.69, 9.17) is 0 Å². The molecule has 1 aliphatic heterocycles. The first-order valence-corrected chi connectivity index (χ1v) is 8.28. The summed E-state index contributed by atoms with van der Waals surface area (Å²) in [5, 5.41) is 10.8. The second kappa shape index (κ2) is 6.48. The molecule has 1 aliphatic rings. The summed E-state index contributed by atoms with van der Waals surface area (Å²) in [5.41, 5.74) is 0. The maximum absolute atomic E-state index is 12.6. The first-order chi connectivity index (χ1) is 11.0. The molecule has 1 fully saturated rings. The zero-order valence-electron chi connectivity index (χ0n) is 12.5. The SMILES string of the molecule is C[C@@H]1CN(C(=O)[O-])CCN1S(=O)(=O)c1ccc(OC(F)(F)F)cc1. The van der Waals surface area contributed by atoms with Crippen molar-refractivity contribution in [1.29, 1.82) is 0 Å². The topological polar surface area (TPSA) is 90.0 Å². The van der Waals surface area contributed by atoms with E-state index in [0.717, 1.165) is 33.5 Å². The van der Waals surface area contributed by atoms with Crippen molar-refractivity contribution in [2.75, 3.05) is 19.6 Å². The van der Waals surface area contributed by atoms with E-state index in [1.54, 1.807) is 0 Å². The number of hydrogen-bond acceptors (Lipinski definition) is 5. The lowest BCUT2D eigenvalue weighted by Gasteiger charge is -2.40. The molecule has 0 spiro atoms. The molecular weight excluding hydrogens is 353 g/mol. The van der Waals surface area contributed by atoms with Gasteiger partial charge in [0.25, 0.3) is 0 Å². The minimum absolute atomic E-state index is 0.0405. The number of alkyl halides is 3. The van der Waals surface area contributed by atoms with Crippen LogP contribution in [-0.4, -0.2) is 55.8 Å². The van der Waals surface area contributed by atoms with Gasteiger partial charge >= 0.3 is 6.36 Å². The third kappa shape index (κ3) is 4.09. The summed E-state index contributed by atoms with van der Waals surface area (Å²) in [6.07, 6.45) is -6.25. The quantitative estimate of drug-likeness (QED) is 0.781. The van der Waals surface area contributed by atoms with Crippen molar-refractivity contribution in [3.8, 4) is 5.75 Å². The highest BCUT2D eigenvalue weighted by Crippen LogP contribution is 2.26. The summed E-state index contributed by atoms with van der Waals surface area (Å²) in [6.45, 7) is 1.38. The zero-order chi connectivity index (χ0) is 18.1. The number of rotatable bonds is 3. The first-order valence-electron chi connectivity index (χ1n) is 6.84. The summed E-state index contributed by atoms with van der Waals surface area (Å²) in [7, 11) is -3.96. The van der Waals surface area contributed by atoms with Gasteiger partial charge in [0.05, 0.1) is 4.90 Å². The highest BCUT2D eigenvalue weighted by Gasteiger charge is 2.34. The van der Waals surface area contributed by atoms with Crippen LogP contribution >= 0.6 is 0 Å². The van der Waals surface area contributed by atoms with Crippen molar-refractivity contribution in [3.05, 3.63) is 24.3 Å². The fourth-order valence-electron chi connectivity index (χ4n) is 2.41. The summed E-state index contributed by atoms with van der Waals surface area (Å²) >= 11 is 0. The number of carboxylic acid groups (broad SMARTS) is 1.